The smallest absolute Gasteiger partial charge is 0.260 e. The van der Waals surface area contributed by atoms with Gasteiger partial charge >= 0.3 is 0 Å². The highest BCUT2D eigenvalue weighted by Crippen LogP contribution is 2.37. The normalized spacial score (nSPS) is 16.0. The van der Waals surface area contributed by atoms with Crippen molar-refractivity contribution in [3.05, 3.63) is 103 Å². The summed E-state index contributed by atoms with van der Waals surface area (Å²) in [5.41, 5.74) is 4.01. The molecule has 172 valence electrons. The van der Waals surface area contributed by atoms with Crippen molar-refractivity contribution in [2.75, 3.05) is 14.7 Å². The van der Waals surface area contributed by atoms with Crippen LogP contribution in [-0.2, 0) is 19.2 Å². The van der Waals surface area contributed by atoms with E-state index in [0.717, 1.165) is 26.9 Å². The number of carbonyl (C=O) groups excluding carboxylic acids is 4. The molecule has 0 radical (unpaired) electrons. The maximum Gasteiger partial charge on any atom is 0.260 e. The van der Waals surface area contributed by atoms with Gasteiger partial charge in [-0.15, -0.1) is 0 Å². The summed E-state index contributed by atoms with van der Waals surface area (Å²) in [6.45, 7) is 7.33. The lowest BCUT2D eigenvalue weighted by molar-refractivity contribution is -0.122. The summed E-state index contributed by atoms with van der Waals surface area (Å²) in [5.74, 6) is -1.35. The van der Waals surface area contributed by atoms with Crippen molar-refractivity contribution in [1.29, 1.82) is 0 Å². The van der Waals surface area contributed by atoms with Crippen LogP contribution in [0.2, 0.25) is 0 Å². The first kappa shape index (κ1) is 22.0. The molecule has 0 N–H and O–H groups in total. The van der Waals surface area contributed by atoms with Crippen molar-refractivity contribution < 1.29 is 19.2 Å². The third-order valence-electron chi connectivity index (χ3n) is 5.99. The van der Waals surface area contributed by atoms with Gasteiger partial charge in [0.25, 0.3) is 11.8 Å². The van der Waals surface area contributed by atoms with Crippen LogP contribution in [0, 0.1) is 0 Å². The topological polar surface area (TPSA) is 78.0 Å². The summed E-state index contributed by atoms with van der Waals surface area (Å²) in [4.78, 5) is 53.4. The third kappa shape index (κ3) is 3.83. The van der Waals surface area contributed by atoms with Gasteiger partial charge in [-0.3, -0.25) is 19.2 Å². The predicted octanol–water partition coefficient (Wildman–Crippen LogP) is 4.80. The van der Waals surface area contributed by atoms with Crippen molar-refractivity contribution in [2.24, 2.45) is 0 Å². The standard InChI is InChI=1S/C28H21N3O4/c1-18-16-25(32)30(27(18)34)23-12-8-21(9-13-23)29(20-6-4-3-5-7-20)22-10-14-24(15-11-22)31-26(33)17-19(2)28(31)35/h3-15H,1-2,16-17H2. The quantitative estimate of drug-likeness (QED) is 0.401. The van der Waals surface area contributed by atoms with Crippen molar-refractivity contribution >= 4 is 52.1 Å². The van der Waals surface area contributed by atoms with Crippen LogP contribution in [0.3, 0.4) is 0 Å². The minimum atomic E-state index is -0.382. The number of carbonyl (C=O) groups is 4. The van der Waals surface area contributed by atoms with Crippen LogP contribution in [-0.4, -0.2) is 23.6 Å². The molecule has 2 aliphatic rings. The Labute approximate surface area is 202 Å². The van der Waals surface area contributed by atoms with E-state index >= 15 is 0 Å². The Hall–Kier alpha value is -4.78. The van der Waals surface area contributed by atoms with Crippen LogP contribution in [0.5, 0.6) is 0 Å². The Balaban J connectivity index is 1.50. The summed E-state index contributed by atoms with van der Waals surface area (Å²) in [6, 6.07) is 23.9. The van der Waals surface area contributed by atoms with Gasteiger partial charge in [-0.25, -0.2) is 9.80 Å². The van der Waals surface area contributed by atoms with E-state index in [2.05, 4.69) is 13.2 Å². The number of amides is 4. The van der Waals surface area contributed by atoms with E-state index in [0.29, 0.717) is 11.4 Å². The van der Waals surface area contributed by atoms with E-state index in [1.165, 1.54) is 0 Å². The van der Waals surface area contributed by atoms with Crippen molar-refractivity contribution in [2.45, 2.75) is 12.8 Å². The van der Waals surface area contributed by atoms with Crippen molar-refractivity contribution in [3.8, 4) is 0 Å². The number of benzene rings is 3. The maximum absolute atomic E-state index is 12.3. The SMILES string of the molecule is C=C1CC(=O)N(c2ccc(N(c3ccccc3)c3ccc(N4C(=O)CC(=C)C4=O)cc3)cc2)C1=O. The number of anilines is 5. The first-order valence-corrected chi connectivity index (χ1v) is 11.0. The molecule has 2 aliphatic heterocycles. The van der Waals surface area contributed by atoms with Gasteiger partial charge in [0, 0.05) is 28.2 Å². The summed E-state index contributed by atoms with van der Waals surface area (Å²) < 4.78 is 0. The van der Waals surface area contributed by atoms with E-state index < -0.39 is 0 Å². The Kier molecular flexibility index (Phi) is 5.37. The highest BCUT2D eigenvalue weighted by Gasteiger charge is 2.34. The molecule has 0 atom stereocenters. The molecule has 3 aromatic rings. The summed E-state index contributed by atoms with van der Waals surface area (Å²) in [6.07, 6.45) is 0.0525. The first-order valence-electron chi connectivity index (χ1n) is 11.0. The lowest BCUT2D eigenvalue weighted by Gasteiger charge is -2.26. The van der Waals surface area contributed by atoms with Crippen LogP contribution in [0.4, 0.5) is 28.4 Å². The Morgan fingerprint density at radius 3 is 1.26 bits per heavy atom. The molecule has 3 aromatic carbocycles. The second-order valence-corrected chi connectivity index (χ2v) is 8.33. The molecule has 2 fully saturated rings. The van der Waals surface area contributed by atoms with Gasteiger partial charge in [0.05, 0.1) is 24.2 Å². The zero-order chi connectivity index (χ0) is 24.7. The predicted molar refractivity (Wildman–Crippen MR) is 134 cm³/mol. The minimum Gasteiger partial charge on any atom is -0.311 e. The first-order chi connectivity index (χ1) is 16.8. The van der Waals surface area contributed by atoms with Gasteiger partial charge in [-0.05, 0) is 60.7 Å². The summed E-state index contributed by atoms with van der Waals surface area (Å²) in [5, 5.41) is 0. The van der Waals surface area contributed by atoms with Gasteiger partial charge < -0.3 is 4.90 Å². The number of imide groups is 2. The summed E-state index contributed by atoms with van der Waals surface area (Å²) in [7, 11) is 0. The molecule has 7 nitrogen and oxygen atoms in total. The molecule has 0 aromatic heterocycles. The second kappa shape index (κ2) is 8.53. The number of nitrogens with zero attached hydrogens (tertiary/aromatic N) is 3. The zero-order valence-corrected chi connectivity index (χ0v) is 18.8. The largest absolute Gasteiger partial charge is 0.311 e. The van der Waals surface area contributed by atoms with Gasteiger partial charge in [0.15, 0.2) is 0 Å². The van der Waals surface area contributed by atoms with Crippen molar-refractivity contribution in [3.63, 3.8) is 0 Å². The van der Waals surface area contributed by atoms with E-state index in [1.807, 2.05) is 59.5 Å². The molecule has 2 heterocycles. The Morgan fingerprint density at radius 2 is 0.914 bits per heavy atom. The lowest BCUT2D eigenvalue weighted by atomic mass is 10.1. The number of para-hydroxylation sites is 1. The Morgan fingerprint density at radius 1 is 0.543 bits per heavy atom. The second-order valence-electron chi connectivity index (χ2n) is 8.33. The average molecular weight is 463 g/mol. The molecular formula is C28H21N3O4. The van der Waals surface area contributed by atoms with Gasteiger partial charge in [0.1, 0.15) is 0 Å². The molecule has 2 saturated heterocycles. The molecule has 0 aliphatic carbocycles. The molecule has 4 amide bonds. The molecule has 0 bridgehead atoms. The molecule has 0 unspecified atom stereocenters. The molecule has 0 saturated carbocycles. The van der Waals surface area contributed by atoms with E-state index in [4.69, 9.17) is 0 Å². The fourth-order valence-electron chi connectivity index (χ4n) is 4.27. The van der Waals surface area contributed by atoms with Gasteiger partial charge in [-0.1, -0.05) is 31.4 Å². The fraction of sp³-hybridized carbons (Fsp3) is 0.0714. The fourth-order valence-corrected chi connectivity index (χ4v) is 4.27. The van der Waals surface area contributed by atoms with E-state index in [1.54, 1.807) is 24.3 Å². The van der Waals surface area contributed by atoms with Crippen LogP contribution in [0.1, 0.15) is 12.8 Å². The summed E-state index contributed by atoms with van der Waals surface area (Å²) >= 11 is 0. The van der Waals surface area contributed by atoms with E-state index in [9.17, 15) is 19.2 Å². The molecule has 5 rings (SSSR count). The minimum absolute atomic E-state index is 0.0262. The van der Waals surface area contributed by atoms with Crippen LogP contribution in [0.25, 0.3) is 0 Å². The van der Waals surface area contributed by atoms with Crippen molar-refractivity contribution in [1.82, 2.24) is 0 Å². The zero-order valence-electron chi connectivity index (χ0n) is 18.8. The highest BCUT2D eigenvalue weighted by molar-refractivity contribution is 6.28. The van der Waals surface area contributed by atoms with Gasteiger partial charge in [0.2, 0.25) is 11.8 Å². The number of hydrogen-bond acceptors (Lipinski definition) is 5. The molecular weight excluding hydrogens is 442 g/mol. The highest BCUT2D eigenvalue weighted by atomic mass is 16.2. The third-order valence-corrected chi connectivity index (χ3v) is 5.99. The maximum atomic E-state index is 12.3. The lowest BCUT2D eigenvalue weighted by Crippen LogP contribution is -2.29. The Bertz CT molecular complexity index is 1300. The van der Waals surface area contributed by atoms with Crippen LogP contribution < -0.4 is 14.7 Å². The van der Waals surface area contributed by atoms with Crippen LogP contribution >= 0.6 is 0 Å². The molecule has 7 heteroatoms. The number of hydrogen-bond donors (Lipinski definition) is 0. The molecule has 0 spiro atoms. The van der Waals surface area contributed by atoms with Gasteiger partial charge in [-0.2, -0.15) is 0 Å². The number of rotatable bonds is 5. The monoisotopic (exact) mass is 463 g/mol. The average Bonchev–Trinajstić information content (AvgIpc) is 3.27. The van der Waals surface area contributed by atoms with E-state index in [-0.39, 0.29) is 47.6 Å². The van der Waals surface area contributed by atoms with Crippen LogP contribution in [0.15, 0.2) is 103 Å². The molecule has 35 heavy (non-hydrogen) atoms.